The summed E-state index contributed by atoms with van der Waals surface area (Å²) in [4.78, 5) is 2.68. The zero-order valence-electron chi connectivity index (χ0n) is 11.4. The average molecular weight is 279 g/mol. The maximum atomic E-state index is 6.09. The molecule has 104 valence electrons. The number of nitrogens with zero attached hydrogens (tertiary/aromatic N) is 1. The lowest BCUT2D eigenvalue weighted by Crippen LogP contribution is -2.38. The molecule has 1 fully saturated rings. The van der Waals surface area contributed by atoms with Gasteiger partial charge in [-0.3, -0.25) is 4.90 Å². The van der Waals surface area contributed by atoms with Crippen LogP contribution in [0.25, 0.3) is 0 Å². The molecule has 0 saturated carbocycles. The normalized spacial score (nSPS) is 27.5. The molecule has 2 atom stereocenters. The molecule has 1 aliphatic carbocycles. The number of likely N-dealkylation sites (tertiary alicyclic amines) is 1. The molecule has 1 aliphatic heterocycles. The summed E-state index contributed by atoms with van der Waals surface area (Å²) in [6.07, 6.45) is 6.29. The summed E-state index contributed by atoms with van der Waals surface area (Å²) < 4.78 is 0. The van der Waals surface area contributed by atoms with Crippen LogP contribution in [0.15, 0.2) is 18.2 Å². The van der Waals surface area contributed by atoms with Crippen molar-refractivity contribution in [1.82, 2.24) is 4.90 Å². The lowest BCUT2D eigenvalue weighted by Gasteiger charge is -2.37. The summed E-state index contributed by atoms with van der Waals surface area (Å²) >= 11 is 6.09. The second kappa shape index (κ2) is 5.82. The van der Waals surface area contributed by atoms with E-state index >= 15 is 0 Å². The summed E-state index contributed by atoms with van der Waals surface area (Å²) in [5, 5.41) is 0.874. The van der Waals surface area contributed by atoms with Crippen LogP contribution < -0.4 is 5.73 Å². The number of piperidine rings is 1. The van der Waals surface area contributed by atoms with E-state index < -0.39 is 0 Å². The van der Waals surface area contributed by atoms with Crippen molar-refractivity contribution in [2.45, 2.75) is 38.1 Å². The molecular formula is C16H23ClN2. The number of rotatable bonds is 3. The van der Waals surface area contributed by atoms with Crippen LogP contribution in [0.4, 0.5) is 0 Å². The Balaban J connectivity index is 1.74. The first-order valence-electron chi connectivity index (χ1n) is 7.50. The summed E-state index contributed by atoms with van der Waals surface area (Å²) in [7, 11) is 0. The van der Waals surface area contributed by atoms with Crippen LogP contribution in [-0.2, 0) is 6.42 Å². The van der Waals surface area contributed by atoms with Crippen LogP contribution in [0, 0.1) is 5.92 Å². The third-order valence-electron chi connectivity index (χ3n) is 4.72. The van der Waals surface area contributed by atoms with Gasteiger partial charge in [0, 0.05) is 17.6 Å². The molecule has 0 bridgehead atoms. The van der Waals surface area contributed by atoms with Crippen LogP contribution >= 0.6 is 11.6 Å². The fraction of sp³-hybridized carbons (Fsp3) is 0.625. The van der Waals surface area contributed by atoms with Crippen LogP contribution in [0.1, 0.15) is 42.9 Å². The van der Waals surface area contributed by atoms with Crippen molar-refractivity contribution in [3.8, 4) is 0 Å². The predicted octanol–water partition coefficient (Wildman–Crippen LogP) is 3.39. The smallest absolute Gasteiger partial charge is 0.0408 e. The molecular weight excluding hydrogens is 256 g/mol. The minimum Gasteiger partial charge on any atom is -0.330 e. The maximum Gasteiger partial charge on any atom is 0.0408 e. The monoisotopic (exact) mass is 278 g/mol. The molecule has 2 aliphatic rings. The molecule has 1 heterocycles. The second-order valence-electron chi connectivity index (χ2n) is 5.98. The van der Waals surface area contributed by atoms with Gasteiger partial charge in [0.2, 0.25) is 0 Å². The Morgan fingerprint density at radius 1 is 1.32 bits per heavy atom. The van der Waals surface area contributed by atoms with Gasteiger partial charge >= 0.3 is 0 Å². The maximum absolute atomic E-state index is 6.09. The highest BCUT2D eigenvalue weighted by Crippen LogP contribution is 2.39. The van der Waals surface area contributed by atoms with Gasteiger partial charge in [0.25, 0.3) is 0 Å². The number of nitrogens with two attached hydrogens (primary N) is 1. The fourth-order valence-electron chi connectivity index (χ4n) is 3.79. The van der Waals surface area contributed by atoms with Crippen molar-refractivity contribution in [3.05, 3.63) is 34.3 Å². The van der Waals surface area contributed by atoms with Crippen LogP contribution in [0.5, 0.6) is 0 Å². The number of hydrogen-bond donors (Lipinski definition) is 1. The molecule has 0 radical (unpaired) electrons. The molecule has 3 rings (SSSR count). The van der Waals surface area contributed by atoms with E-state index in [1.807, 2.05) is 6.07 Å². The molecule has 1 aromatic rings. The van der Waals surface area contributed by atoms with Crippen LogP contribution in [0.2, 0.25) is 5.02 Å². The third kappa shape index (κ3) is 2.81. The van der Waals surface area contributed by atoms with Crippen molar-refractivity contribution in [3.63, 3.8) is 0 Å². The standard InChI is InChI=1S/C16H23ClN2/c17-14-4-5-15-13(10-14)3-6-16(15)19-9-1-2-12(11-19)7-8-18/h4-5,10,12,16H,1-3,6-9,11,18H2. The van der Waals surface area contributed by atoms with Crippen molar-refractivity contribution in [2.75, 3.05) is 19.6 Å². The van der Waals surface area contributed by atoms with Gasteiger partial charge in [-0.25, -0.2) is 0 Å². The highest BCUT2D eigenvalue weighted by molar-refractivity contribution is 6.30. The first-order valence-corrected chi connectivity index (χ1v) is 7.88. The van der Waals surface area contributed by atoms with Gasteiger partial charge in [-0.1, -0.05) is 17.7 Å². The number of halogens is 1. The molecule has 2 unspecified atom stereocenters. The van der Waals surface area contributed by atoms with Crippen LogP contribution in [-0.4, -0.2) is 24.5 Å². The Bertz CT molecular complexity index is 444. The van der Waals surface area contributed by atoms with Crippen molar-refractivity contribution >= 4 is 11.6 Å². The average Bonchev–Trinajstić information content (AvgIpc) is 2.82. The van der Waals surface area contributed by atoms with E-state index in [2.05, 4.69) is 17.0 Å². The molecule has 1 aromatic carbocycles. The predicted molar refractivity (Wildman–Crippen MR) is 80.5 cm³/mol. The first-order chi connectivity index (χ1) is 9.28. The zero-order chi connectivity index (χ0) is 13.2. The minimum atomic E-state index is 0.618. The van der Waals surface area contributed by atoms with Crippen molar-refractivity contribution in [2.24, 2.45) is 11.7 Å². The summed E-state index contributed by atoms with van der Waals surface area (Å²) in [5.41, 5.74) is 8.69. The number of hydrogen-bond acceptors (Lipinski definition) is 2. The topological polar surface area (TPSA) is 29.3 Å². The van der Waals surface area contributed by atoms with Gasteiger partial charge in [0.1, 0.15) is 0 Å². The van der Waals surface area contributed by atoms with E-state index in [1.54, 1.807) is 0 Å². The molecule has 3 heteroatoms. The zero-order valence-corrected chi connectivity index (χ0v) is 12.2. The fourth-order valence-corrected chi connectivity index (χ4v) is 3.99. The molecule has 0 amide bonds. The highest BCUT2D eigenvalue weighted by atomic mass is 35.5. The molecule has 2 nitrogen and oxygen atoms in total. The molecule has 0 aromatic heterocycles. The minimum absolute atomic E-state index is 0.618. The Morgan fingerprint density at radius 2 is 2.21 bits per heavy atom. The lowest BCUT2D eigenvalue weighted by molar-refractivity contribution is 0.120. The number of fused-ring (bicyclic) bond motifs is 1. The van der Waals surface area contributed by atoms with Gasteiger partial charge in [0.05, 0.1) is 0 Å². The van der Waals surface area contributed by atoms with Gasteiger partial charge < -0.3 is 5.73 Å². The Labute approximate surface area is 120 Å². The van der Waals surface area contributed by atoms with Crippen LogP contribution in [0.3, 0.4) is 0 Å². The number of aryl methyl sites for hydroxylation is 1. The van der Waals surface area contributed by atoms with E-state index in [4.69, 9.17) is 17.3 Å². The Kier molecular flexibility index (Phi) is 4.11. The molecule has 19 heavy (non-hydrogen) atoms. The van der Waals surface area contributed by atoms with E-state index in [9.17, 15) is 0 Å². The Morgan fingerprint density at radius 3 is 3.05 bits per heavy atom. The molecule has 0 spiro atoms. The van der Waals surface area contributed by atoms with Gasteiger partial charge in [0.15, 0.2) is 0 Å². The second-order valence-corrected chi connectivity index (χ2v) is 6.41. The highest BCUT2D eigenvalue weighted by Gasteiger charge is 2.31. The van der Waals surface area contributed by atoms with Gasteiger partial charge in [-0.2, -0.15) is 0 Å². The molecule has 1 saturated heterocycles. The quantitative estimate of drug-likeness (QED) is 0.918. The van der Waals surface area contributed by atoms with E-state index in [-0.39, 0.29) is 0 Å². The Hall–Kier alpha value is -0.570. The van der Waals surface area contributed by atoms with E-state index in [1.165, 1.54) is 56.3 Å². The SMILES string of the molecule is NCCC1CCCN(C2CCc3cc(Cl)ccc32)C1. The largest absolute Gasteiger partial charge is 0.330 e. The van der Waals surface area contributed by atoms with Crippen molar-refractivity contribution < 1.29 is 0 Å². The van der Waals surface area contributed by atoms with Gasteiger partial charge in [-0.05, 0) is 74.4 Å². The lowest BCUT2D eigenvalue weighted by atomic mass is 9.93. The summed E-state index contributed by atoms with van der Waals surface area (Å²) in [6.45, 7) is 3.30. The van der Waals surface area contributed by atoms with E-state index in [0.29, 0.717) is 6.04 Å². The molecule has 2 N–H and O–H groups in total. The van der Waals surface area contributed by atoms with Gasteiger partial charge in [-0.15, -0.1) is 0 Å². The summed E-state index contributed by atoms with van der Waals surface area (Å²) in [5.74, 6) is 0.801. The van der Waals surface area contributed by atoms with E-state index in [0.717, 1.165) is 17.5 Å². The first kappa shape index (κ1) is 13.4. The van der Waals surface area contributed by atoms with Crippen molar-refractivity contribution in [1.29, 1.82) is 0 Å². The number of benzene rings is 1. The summed E-state index contributed by atoms with van der Waals surface area (Å²) in [6, 6.07) is 7.05. The third-order valence-corrected chi connectivity index (χ3v) is 4.95.